The number of carbonyl (C=O) groups is 2. The molecule has 2 aliphatic rings. The molecule has 2 heterocycles. The summed E-state index contributed by atoms with van der Waals surface area (Å²) in [6.45, 7) is 5.99. The standard InChI is InChI=1S/C19H26N2O3/c1-3-14-6-4-5-13(2)18(14)21-12-15(11-17(21)22)19(23)20-16-7-9-24-10-8-16/h4-6,15-16H,3,7-12H2,1-2H3,(H,20,23)/t15-/m1/s1. The Morgan fingerprint density at radius 1 is 1.33 bits per heavy atom. The maximum absolute atomic E-state index is 12.5. The SMILES string of the molecule is CCc1cccc(C)c1N1C[C@H](C(=O)NC2CCOCC2)CC1=O. The average Bonchev–Trinajstić information content (AvgIpc) is 2.97. The van der Waals surface area contributed by atoms with Crippen LogP contribution < -0.4 is 10.2 Å². The van der Waals surface area contributed by atoms with Gasteiger partial charge in [0, 0.05) is 37.9 Å². The number of carbonyl (C=O) groups excluding carboxylic acids is 2. The third-order valence-electron chi connectivity index (χ3n) is 5.04. The van der Waals surface area contributed by atoms with E-state index in [4.69, 9.17) is 4.74 Å². The maximum atomic E-state index is 12.5. The van der Waals surface area contributed by atoms with Crippen LogP contribution in [-0.4, -0.2) is 37.6 Å². The zero-order chi connectivity index (χ0) is 17.1. The van der Waals surface area contributed by atoms with Crippen LogP contribution in [0, 0.1) is 12.8 Å². The largest absolute Gasteiger partial charge is 0.381 e. The van der Waals surface area contributed by atoms with E-state index >= 15 is 0 Å². The van der Waals surface area contributed by atoms with E-state index in [2.05, 4.69) is 18.3 Å². The van der Waals surface area contributed by atoms with Gasteiger partial charge in [0.1, 0.15) is 0 Å². The molecule has 3 rings (SSSR count). The Bertz CT molecular complexity index is 623. The van der Waals surface area contributed by atoms with Crippen molar-refractivity contribution in [3.63, 3.8) is 0 Å². The predicted octanol–water partition coefficient (Wildman–Crippen LogP) is 2.21. The van der Waals surface area contributed by atoms with Crippen molar-refractivity contribution in [2.24, 2.45) is 5.92 Å². The highest BCUT2D eigenvalue weighted by molar-refractivity contribution is 6.01. The van der Waals surface area contributed by atoms with Gasteiger partial charge in [-0.3, -0.25) is 9.59 Å². The van der Waals surface area contributed by atoms with Crippen molar-refractivity contribution in [1.29, 1.82) is 0 Å². The third-order valence-corrected chi connectivity index (χ3v) is 5.04. The monoisotopic (exact) mass is 330 g/mol. The van der Waals surface area contributed by atoms with Crippen molar-refractivity contribution in [3.05, 3.63) is 29.3 Å². The summed E-state index contributed by atoms with van der Waals surface area (Å²) in [5.41, 5.74) is 3.24. The summed E-state index contributed by atoms with van der Waals surface area (Å²) in [7, 11) is 0. The molecule has 2 amide bonds. The summed E-state index contributed by atoms with van der Waals surface area (Å²) in [4.78, 5) is 26.9. The lowest BCUT2D eigenvalue weighted by Gasteiger charge is -2.25. The Hall–Kier alpha value is -1.88. The normalized spacial score (nSPS) is 22.0. The first-order valence-electron chi connectivity index (χ1n) is 8.87. The summed E-state index contributed by atoms with van der Waals surface area (Å²) in [6.07, 6.45) is 2.88. The van der Waals surface area contributed by atoms with Gasteiger partial charge in [-0.2, -0.15) is 0 Å². The predicted molar refractivity (Wildman–Crippen MR) is 93.0 cm³/mol. The van der Waals surface area contributed by atoms with Crippen molar-refractivity contribution in [1.82, 2.24) is 5.32 Å². The molecule has 2 aliphatic heterocycles. The van der Waals surface area contributed by atoms with Crippen LogP contribution in [0.5, 0.6) is 0 Å². The molecule has 1 N–H and O–H groups in total. The molecule has 1 aromatic rings. The van der Waals surface area contributed by atoms with Crippen LogP contribution in [0.15, 0.2) is 18.2 Å². The number of amides is 2. The second kappa shape index (κ2) is 7.34. The molecule has 24 heavy (non-hydrogen) atoms. The van der Waals surface area contributed by atoms with Gasteiger partial charge in [0.25, 0.3) is 0 Å². The summed E-state index contributed by atoms with van der Waals surface area (Å²) in [5, 5.41) is 3.10. The molecule has 130 valence electrons. The van der Waals surface area contributed by atoms with Crippen LogP contribution in [-0.2, 0) is 20.7 Å². The van der Waals surface area contributed by atoms with Crippen LogP contribution in [0.4, 0.5) is 5.69 Å². The van der Waals surface area contributed by atoms with Gasteiger partial charge in [0.2, 0.25) is 11.8 Å². The van der Waals surface area contributed by atoms with E-state index in [-0.39, 0.29) is 23.8 Å². The van der Waals surface area contributed by atoms with Crippen molar-refractivity contribution in [3.8, 4) is 0 Å². The van der Waals surface area contributed by atoms with Crippen LogP contribution in [0.25, 0.3) is 0 Å². The van der Waals surface area contributed by atoms with Crippen LogP contribution in [0.1, 0.15) is 37.3 Å². The number of hydrogen-bond acceptors (Lipinski definition) is 3. The molecule has 0 radical (unpaired) electrons. The van der Waals surface area contributed by atoms with E-state index < -0.39 is 0 Å². The van der Waals surface area contributed by atoms with E-state index in [0.29, 0.717) is 26.2 Å². The summed E-state index contributed by atoms with van der Waals surface area (Å²) in [5.74, 6) is -0.208. The smallest absolute Gasteiger partial charge is 0.227 e. The number of benzene rings is 1. The van der Waals surface area contributed by atoms with Gasteiger partial charge in [-0.15, -0.1) is 0 Å². The van der Waals surface area contributed by atoms with Gasteiger partial charge in [-0.05, 0) is 37.3 Å². The molecule has 2 fully saturated rings. The Kier molecular flexibility index (Phi) is 5.19. The minimum Gasteiger partial charge on any atom is -0.381 e. The lowest BCUT2D eigenvalue weighted by molar-refractivity contribution is -0.127. The van der Waals surface area contributed by atoms with Crippen molar-refractivity contribution < 1.29 is 14.3 Å². The maximum Gasteiger partial charge on any atom is 0.227 e. The van der Waals surface area contributed by atoms with Crippen molar-refractivity contribution >= 4 is 17.5 Å². The summed E-state index contributed by atoms with van der Waals surface area (Å²) in [6, 6.07) is 6.29. The first-order chi connectivity index (χ1) is 11.6. The van der Waals surface area contributed by atoms with Gasteiger partial charge < -0.3 is 15.0 Å². The highest BCUT2D eigenvalue weighted by Gasteiger charge is 2.37. The Morgan fingerprint density at radius 2 is 2.08 bits per heavy atom. The molecule has 2 saturated heterocycles. The number of nitrogens with one attached hydrogen (secondary N) is 1. The molecule has 1 aromatic carbocycles. The Balaban J connectivity index is 1.70. The molecule has 0 bridgehead atoms. The summed E-state index contributed by atoms with van der Waals surface area (Å²) >= 11 is 0. The number of anilines is 1. The molecule has 0 aliphatic carbocycles. The van der Waals surface area contributed by atoms with E-state index in [0.717, 1.165) is 36.1 Å². The summed E-state index contributed by atoms with van der Waals surface area (Å²) < 4.78 is 5.32. The van der Waals surface area contributed by atoms with Gasteiger partial charge >= 0.3 is 0 Å². The molecule has 0 saturated carbocycles. The second-order valence-electron chi connectivity index (χ2n) is 6.74. The molecule has 5 nitrogen and oxygen atoms in total. The fourth-order valence-corrected chi connectivity index (χ4v) is 3.65. The number of hydrogen-bond donors (Lipinski definition) is 1. The lowest BCUT2D eigenvalue weighted by atomic mass is 10.0. The second-order valence-corrected chi connectivity index (χ2v) is 6.74. The van der Waals surface area contributed by atoms with E-state index in [1.807, 2.05) is 24.0 Å². The third kappa shape index (κ3) is 3.46. The molecule has 0 aromatic heterocycles. The number of ether oxygens (including phenoxy) is 1. The number of aryl methyl sites for hydroxylation is 2. The Labute approximate surface area is 143 Å². The van der Waals surface area contributed by atoms with E-state index in [1.54, 1.807) is 0 Å². The minimum absolute atomic E-state index is 0.00406. The number of rotatable bonds is 4. The molecule has 1 atom stereocenters. The zero-order valence-corrected chi connectivity index (χ0v) is 14.5. The van der Waals surface area contributed by atoms with Crippen LogP contribution >= 0.6 is 0 Å². The number of nitrogens with zero attached hydrogens (tertiary/aromatic N) is 1. The molecular weight excluding hydrogens is 304 g/mol. The van der Waals surface area contributed by atoms with Crippen molar-refractivity contribution in [2.45, 2.75) is 45.6 Å². The molecular formula is C19H26N2O3. The molecule has 0 unspecified atom stereocenters. The number of para-hydroxylation sites is 1. The van der Waals surface area contributed by atoms with E-state index in [9.17, 15) is 9.59 Å². The molecule has 0 spiro atoms. The van der Waals surface area contributed by atoms with Crippen LogP contribution in [0.2, 0.25) is 0 Å². The fourth-order valence-electron chi connectivity index (χ4n) is 3.65. The lowest BCUT2D eigenvalue weighted by Crippen LogP contribution is -2.42. The van der Waals surface area contributed by atoms with E-state index in [1.165, 1.54) is 0 Å². The quantitative estimate of drug-likeness (QED) is 0.921. The average molecular weight is 330 g/mol. The topological polar surface area (TPSA) is 58.6 Å². The fraction of sp³-hybridized carbons (Fsp3) is 0.579. The van der Waals surface area contributed by atoms with Gasteiger partial charge in [0.05, 0.1) is 5.92 Å². The van der Waals surface area contributed by atoms with Gasteiger partial charge in [0.15, 0.2) is 0 Å². The van der Waals surface area contributed by atoms with Gasteiger partial charge in [-0.1, -0.05) is 25.1 Å². The van der Waals surface area contributed by atoms with Crippen LogP contribution in [0.3, 0.4) is 0 Å². The molecule has 5 heteroatoms. The van der Waals surface area contributed by atoms with Crippen molar-refractivity contribution in [2.75, 3.05) is 24.7 Å². The highest BCUT2D eigenvalue weighted by atomic mass is 16.5. The first kappa shape index (κ1) is 17.0. The minimum atomic E-state index is -0.260. The first-order valence-corrected chi connectivity index (χ1v) is 8.87. The van der Waals surface area contributed by atoms with Gasteiger partial charge in [-0.25, -0.2) is 0 Å². The highest BCUT2D eigenvalue weighted by Crippen LogP contribution is 2.31. The Morgan fingerprint density at radius 3 is 2.79 bits per heavy atom. The zero-order valence-electron chi connectivity index (χ0n) is 14.5.